The van der Waals surface area contributed by atoms with Gasteiger partial charge in [-0.1, -0.05) is 19.8 Å². The third-order valence-electron chi connectivity index (χ3n) is 4.32. The predicted octanol–water partition coefficient (Wildman–Crippen LogP) is 2.23. The highest BCUT2D eigenvalue weighted by atomic mass is 16.3. The molecule has 1 aliphatic carbocycles. The molecule has 4 atom stereocenters. The molecule has 0 aliphatic heterocycles. The molecule has 108 valence electrons. The molecule has 1 aliphatic rings. The first-order chi connectivity index (χ1) is 8.52. The molecule has 0 bridgehead atoms. The Morgan fingerprint density at radius 2 is 2.11 bits per heavy atom. The topological polar surface area (TPSA) is 49.5 Å². The molecule has 0 heterocycles. The van der Waals surface area contributed by atoms with Crippen LogP contribution < -0.4 is 5.73 Å². The second kappa shape index (κ2) is 8.13. The molecular formula is C15H32N2O. The average Bonchev–Trinajstić information content (AvgIpc) is 2.31. The van der Waals surface area contributed by atoms with Gasteiger partial charge in [0.05, 0.1) is 6.10 Å². The van der Waals surface area contributed by atoms with Crippen LogP contribution in [-0.4, -0.2) is 42.3 Å². The van der Waals surface area contributed by atoms with Crippen LogP contribution in [-0.2, 0) is 0 Å². The fourth-order valence-corrected chi connectivity index (χ4v) is 3.16. The Balaban J connectivity index is 2.33. The highest BCUT2D eigenvalue weighted by molar-refractivity contribution is 4.84. The van der Waals surface area contributed by atoms with Gasteiger partial charge in [-0.3, -0.25) is 0 Å². The van der Waals surface area contributed by atoms with Crippen molar-refractivity contribution in [3.8, 4) is 0 Å². The molecule has 3 nitrogen and oxygen atoms in total. The lowest BCUT2D eigenvalue weighted by Crippen LogP contribution is -2.42. The fourth-order valence-electron chi connectivity index (χ4n) is 3.16. The predicted molar refractivity (Wildman–Crippen MR) is 77.5 cm³/mol. The van der Waals surface area contributed by atoms with E-state index in [-0.39, 0.29) is 6.10 Å². The number of hydrogen-bond acceptors (Lipinski definition) is 3. The van der Waals surface area contributed by atoms with E-state index in [1.165, 1.54) is 32.1 Å². The Kier molecular flexibility index (Phi) is 7.20. The van der Waals surface area contributed by atoms with Crippen molar-refractivity contribution in [2.75, 3.05) is 20.1 Å². The van der Waals surface area contributed by atoms with Crippen molar-refractivity contribution in [3.05, 3.63) is 0 Å². The van der Waals surface area contributed by atoms with Gasteiger partial charge in [-0.25, -0.2) is 0 Å². The first-order valence-corrected chi connectivity index (χ1v) is 7.65. The standard InChI is InChI=1S/C15H32N2O/c1-4-5-13-6-7-15(16)14(10-13)11-17(3)9-8-12(2)18/h12-15,18H,4-11,16H2,1-3H3. The summed E-state index contributed by atoms with van der Waals surface area (Å²) in [6.07, 6.45) is 7.14. The molecule has 0 aromatic rings. The van der Waals surface area contributed by atoms with Crippen LogP contribution in [0, 0.1) is 11.8 Å². The summed E-state index contributed by atoms with van der Waals surface area (Å²) in [7, 11) is 2.15. The lowest BCUT2D eigenvalue weighted by molar-refractivity contribution is 0.138. The summed E-state index contributed by atoms with van der Waals surface area (Å²) in [4.78, 5) is 2.34. The van der Waals surface area contributed by atoms with Crippen molar-refractivity contribution in [2.24, 2.45) is 17.6 Å². The van der Waals surface area contributed by atoms with Crippen molar-refractivity contribution in [3.63, 3.8) is 0 Å². The molecule has 0 saturated heterocycles. The number of nitrogens with zero attached hydrogens (tertiary/aromatic N) is 1. The van der Waals surface area contributed by atoms with E-state index in [1.807, 2.05) is 6.92 Å². The van der Waals surface area contributed by atoms with E-state index in [9.17, 15) is 5.11 Å². The molecule has 3 N–H and O–H groups in total. The van der Waals surface area contributed by atoms with Gasteiger partial charge in [0.15, 0.2) is 0 Å². The summed E-state index contributed by atoms with van der Waals surface area (Å²) >= 11 is 0. The molecule has 1 rings (SSSR count). The number of aliphatic hydroxyl groups is 1. The monoisotopic (exact) mass is 256 g/mol. The lowest BCUT2D eigenvalue weighted by Gasteiger charge is -2.36. The molecular weight excluding hydrogens is 224 g/mol. The van der Waals surface area contributed by atoms with Crippen LogP contribution in [0.25, 0.3) is 0 Å². The molecule has 3 heteroatoms. The molecule has 1 saturated carbocycles. The zero-order valence-electron chi connectivity index (χ0n) is 12.4. The molecule has 0 spiro atoms. The largest absolute Gasteiger partial charge is 0.393 e. The van der Waals surface area contributed by atoms with Crippen molar-refractivity contribution >= 4 is 0 Å². The Hall–Kier alpha value is -0.120. The zero-order valence-corrected chi connectivity index (χ0v) is 12.4. The first-order valence-electron chi connectivity index (χ1n) is 7.65. The van der Waals surface area contributed by atoms with Gasteiger partial charge in [0, 0.05) is 19.1 Å². The van der Waals surface area contributed by atoms with Gasteiger partial charge in [0.2, 0.25) is 0 Å². The molecule has 4 unspecified atom stereocenters. The second-order valence-corrected chi connectivity index (χ2v) is 6.29. The first kappa shape index (κ1) is 15.9. The van der Waals surface area contributed by atoms with Gasteiger partial charge < -0.3 is 15.7 Å². The van der Waals surface area contributed by atoms with E-state index < -0.39 is 0 Å². The molecule has 1 fully saturated rings. The zero-order chi connectivity index (χ0) is 13.5. The minimum absolute atomic E-state index is 0.194. The number of hydrogen-bond donors (Lipinski definition) is 2. The second-order valence-electron chi connectivity index (χ2n) is 6.29. The van der Waals surface area contributed by atoms with Crippen LogP contribution >= 0.6 is 0 Å². The number of nitrogens with two attached hydrogens (primary N) is 1. The van der Waals surface area contributed by atoms with Gasteiger partial charge in [0.25, 0.3) is 0 Å². The summed E-state index contributed by atoms with van der Waals surface area (Å²) in [5, 5.41) is 9.32. The van der Waals surface area contributed by atoms with Gasteiger partial charge in [-0.05, 0) is 51.5 Å². The van der Waals surface area contributed by atoms with E-state index in [0.29, 0.717) is 12.0 Å². The molecule has 0 aromatic heterocycles. The summed E-state index contributed by atoms with van der Waals surface area (Å²) in [6.45, 7) is 6.20. The van der Waals surface area contributed by atoms with Crippen molar-refractivity contribution in [1.82, 2.24) is 4.90 Å². The van der Waals surface area contributed by atoms with Crippen LogP contribution in [0.15, 0.2) is 0 Å². The average molecular weight is 256 g/mol. The third kappa shape index (κ3) is 5.68. The van der Waals surface area contributed by atoms with Gasteiger partial charge in [-0.15, -0.1) is 0 Å². The van der Waals surface area contributed by atoms with Crippen LogP contribution in [0.1, 0.15) is 52.4 Å². The van der Waals surface area contributed by atoms with Crippen molar-refractivity contribution in [2.45, 2.75) is 64.5 Å². The molecule has 0 amide bonds. The van der Waals surface area contributed by atoms with Gasteiger partial charge >= 0.3 is 0 Å². The normalized spacial score (nSPS) is 30.7. The van der Waals surface area contributed by atoms with E-state index in [4.69, 9.17) is 5.73 Å². The van der Waals surface area contributed by atoms with E-state index >= 15 is 0 Å². The quantitative estimate of drug-likeness (QED) is 0.734. The number of rotatable bonds is 7. The maximum absolute atomic E-state index is 9.32. The van der Waals surface area contributed by atoms with Crippen LogP contribution in [0.2, 0.25) is 0 Å². The molecule has 0 radical (unpaired) electrons. The fraction of sp³-hybridized carbons (Fsp3) is 1.00. The van der Waals surface area contributed by atoms with Crippen molar-refractivity contribution in [1.29, 1.82) is 0 Å². The number of aliphatic hydroxyl groups excluding tert-OH is 1. The lowest BCUT2D eigenvalue weighted by atomic mass is 9.76. The van der Waals surface area contributed by atoms with Crippen LogP contribution in [0.4, 0.5) is 0 Å². The van der Waals surface area contributed by atoms with E-state index in [2.05, 4.69) is 18.9 Å². The summed E-state index contributed by atoms with van der Waals surface area (Å²) < 4.78 is 0. The minimum atomic E-state index is -0.194. The Labute approximate surface area is 113 Å². The Morgan fingerprint density at radius 3 is 2.72 bits per heavy atom. The highest BCUT2D eigenvalue weighted by Crippen LogP contribution is 2.31. The van der Waals surface area contributed by atoms with Gasteiger partial charge in [0.1, 0.15) is 0 Å². The Bertz CT molecular complexity index is 221. The SMILES string of the molecule is CCCC1CCC(N)C(CN(C)CCC(C)O)C1. The van der Waals surface area contributed by atoms with Gasteiger partial charge in [-0.2, -0.15) is 0 Å². The molecule has 0 aromatic carbocycles. The minimum Gasteiger partial charge on any atom is -0.393 e. The summed E-state index contributed by atoms with van der Waals surface area (Å²) in [6, 6.07) is 0.382. The third-order valence-corrected chi connectivity index (χ3v) is 4.32. The highest BCUT2D eigenvalue weighted by Gasteiger charge is 2.28. The Morgan fingerprint density at radius 1 is 1.39 bits per heavy atom. The van der Waals surface area contributed by atoms with Crippen LogP contribution in [0.3, 0.4) is 0 Å². The molecule has 18 heavy (non-hydrogen) atoms. The van der Waals surface area contributed by atoms with E-state index in [0.717, 1.165) is 25.4 Å². The maximum Gasteiger partial charge on any atom is 0.0524 e. The van der Waals surface area contributed by atoms with Crippen molar-refractivity contribution < 1.29 is 5.11 Å². The van der Waals surface area contributed by atoms with Crippen LogP contribution in [0.5, 0.6) is 0 Å². The summed E-state index contributed by atoms with van der Waals surface area (Å²) in [5.74, 6) is 1.54. The summed E-state index contributed by atoms with van der Waals surface area (Å²) in [5.41, 5.74) is 6.27. The smallest absolute Gasteiger partial charge is 0.0524 e. The maximum atomic E-state index is 9.32. The van der Waals surface area contributed by atoms with E-state index in [1.54, 1.807) is 0 Å².